The average molecular weight is 298 g/mol. The summed E-state index contributed by atoms with van der Waals surface area (Å²) in [5.74, 6) is -0.605. The lowest BCUT2D eigenvalue weighted by molar-refractivity contribution is -0.149. The quantitative estimate of drug-likeness (QED) is 0.728. The number of hydrogen-bond donors (Lipinski definition) is 0. The molecule has 0 spiro atoms. The summed E-state index contributed by atoms with van der Waals surface area (Å²) >= 11 is 1.08. The molecule has 1 fully saturated rings. The van der Waals surface area contributed by atoms with Crippen LogP contribution in [0.4, 0.5) is 0 Å². The topological polar surface area (TPSA) is 68.6 Å². The number of hydrogen-bond acceptors (Lipinski definition) is 5. The maximum Gasteiger partial charge on any atom is 0.325 e. The normalized spacial score (nSPS) is 14.1. The Balaban J connectivity index is 2.04. The first-order valence-corrected chi connectivity index (χ1v) is 7.51. The molecule has 1 amide bonds. The minimum Gasteiger partial charge on any atom is -0.465 e. The molecule has 110 valence electrons. The van der Waals surface area contributed by atoms with E-state index in [-0.39, 0.29) is 29.9 Å². The molecule has 1 heterocycles. The Labute approximate surface area is 121 Å². The van der Waals surface area contributed by atoms with Crippen molar-refractivity contribution in [3.05, 3.63) is 20.7 Å². The van der Waals surface area contributed by atoms with Crippen LogP contribution < -0.4 is 4.87 Å². The number of rotatable bonds is 6. The lowest BCUT2D eigenvalue weighted by Crippen LogP contribution is -2.41. The highest BCUT2D eigenvalue weighted by atomic mass is 32.1. The molecule has 1 aliphatic rings. The first-order chi connectivity index (χ1) is 9.52. The average Bonchev–Trinajstić information content (AvgIpc) is 3.19. The molecule has 1 saturated carbocycles. The molecule has 0 aliphatic heterocycles. The fourth-order valence-electron chi connectivity index (χ4n) is 1.98. The highest BCUT2D eigenvalue weighted by Gasteiger charge is 2.34. The largest absolute Gasteiger partial charge is 0.465 e. The summed E-state index contributed by atoms with van der Waals surface area (Å²) in [6.07, 6.45) is 1.81. The van der Waals surface area contributed by atoms with Crippen LogP contribution in [0.3, 0.4) is 0 Å². The molecule has 0 bridgehead atoms. The SMILES string of the molecule is CCOC(=O)CN(C(=O)Cn1c(C)csc1=O)C1CC1. The van der Waals surface area contributed by atoms with Crippen molar-refractivity contribution in [2.24, 2.45) is 0 Å². The van der Waals surface area contributed by atoms with Crippen molar-refractivity contribution in [2.45, 2.75) is 39.3 Å². The Morgan fingerprint density at radius 3 is 2.70 bits per heavy atom. The summed E-state index contributed by atoms with van der Waals surface area (Å²) in [5, 5.41) is 1.72. The third-order valence-corrected chi connectivity index (χ3v) is 4.06. The number of carbonyl (C=O) groups excluding carboxylic acids is 2. The number of aromatic nitrogens is 1. The molecule has 0 unspecified atom stereocenters. The van der Waals surface area contributed by atoms with Gasteiger partial charge in [-0.2, -0.15) is 0 Å². The van der Waals surface area contributed by atoms with E-state index in [1.54, 1.807) is 19.2 Å². The molecular weight excluding hydrogens is 280 g/mol. The van der Waals surface area contributed by atoms with Crippen LogP contribution in [0.2, 0.25) is 0 Å². The van der Waals surface area contributed by atoms with Crippen LogP contribution in [0.5, 0.6) is 0 Å². The molecule has 1 aromatic rings. The molecule has 1 aliphatic carbocycles. The Hall–Kier alpha value is -1.63. The van der Waals surface area contributed by atoms with Gasteiger partial charge >= 0.3 is 10.8 Å². The van der Waals surface area contributed by atoms with Crippen molar-refractivity contribution in [3.63, 3.8) is 0 Å². The van der Waals surface area contributed by atoms with E-state index in [2.05, 4.69) is 0 Å². The standard InChI is InChI=1S/C13H18N2O4S/c1-3-19-12(17)7-15(10-4-5-10)11(16)6-14-9(2)8-20-13(14)18/h8,10H,3-7H2,1-2H3. The Morgan fingerprint density at radius 1 is 1.50 bits per heavy atom. The molecule has 6 nitrogen and oxygen atoms in total. The van der Waals surface area contributed by atoms with Crippen molar-refractivity contribution < 1.29 is 14.3 Å². The van der Waals surface area contributed by atoms with Crippen molar-refractivity contribution in [1.82, 2.24) is 9.47 Å². The van der Waals surface area contributed by atoms with E-state index in [1.807, 2.05) is 0 Å². The molecule has 1 aromatic heterocycles. The van der Waals surface area contributed by atoms with Gasteiger partial charge in [0.1, 0.15) is 13.1 Å². The van der Waals surface area contributed by atoms with Crippen molar-refractivity contribution in [1.29, 1.82) is 0 Å². The summed E-state index contributed by atoms with van der Waals surface area (Å²) in [5.41, 5.74) is 0.764. The third kappa shape index (κ3) is 3.47. The lowest BCUT2D eigenvalue weighted by Gasteiger charge is -2.21. The van der Waals surface area contributed by atoms with Crippen LogP contribution >= 0.6 is 11.3 Å². The number of thiazole rings is 1. The summed E-state index contributed by atoms with van der Waals surface area (Å²) in [6, 6.07) is 0.113. The van der Waals surface area contributed by atoms with Gasteiger partial charge in [0.2, 0.25) is 5.91 Å². The van der Waals surface area contributed by atoms with Crippen LogP contribution in [0.15, 0.2) is 10.2 Å². The number of esters is 1. The first-order valence-electron chi connectivity index (χ1n) is 6.63. The predicted molar refractivity (Wildman–Crippen MR) is 74.7 cm³/mol. The molecule has 0 atom stereocenters. The molecule has 0 N–H and O–H groups in total. The van der Waals surface area contributed by atoms with Crippen LogP contribution in [0, 0.1) is 6.92 Å². The second-order valence-electron chi connectivity index (χ2n) is 4.79. The zero-order chi connectivity index (χ0) is 14.7. The number of ether oxygens (including phenoxy) is 1. The maximum absolute atomic E-state index is 12.3. The fraction of sp³-hybridized carbons (Fsp3) is 0.615. The fourth-order valence-corrected chi connectivity index (χ4v) is 2.71. The number of carbonyl (C=O) groups is 2. The van der Waals surface area contributed by atoms with Crippen LogP contribution in [-0.2, 0) is 20.9 Å². The molecule has 7 heteroatoms. The molecule has 0 radical (unpaired) electrons. The summed E-state index contributed by atoms with van der Waals surface area (Å²) < 4.78 is 6.32. The maximum atomic E-state index is 12.3. The van der Waals surface area contributed by atoms with Gasteiger partial charge in [-0.25, -0.2) is 0 Å². The molecule has 0 aromatic carbocycles. The third-order valence-electron chi connectivity index (χ3n) is 3.18. The van der Waals surface area contributed by atoms with E-state index < -0.39 is 5.97 Å². The van der Waals surface area contributed by atoms with Gasteiger partial charge in [0.05, 0.1) is 6.61 Å². The summed E-state index contributed by atoms with van der Waals surface area (Å²) in [4.78, 5) is 36.8. The van der Waals surface area contributed by atoms with Gasteiger partial charge in [-0.3, -0.25) is 19.0 Å². The van der Waals surface area contributed by atoms with Gasteiger partial charge in [0, 0.05) is 17.1 Å². The number of amides is 1. The van der Waals surface area contributed by atoms with Crippen LogP contribution in [0.25, 0.3) is 0 Å². The molecule has 20 heavy (non-hydrogen) atoms. The Morgan fingerprint density at radius 2 is 2.20 bits per heavy atom. The monoisotopic (exact) mass is 298 g/mol. The van der Waals surface area contributed by atoms with Gasteiger partial charge in [-0.1, -0.05) is 11.3 Å². The Bertz CT molecular complexity index is 559. The van der Waals surface area contributed by atoms with E-state index in [0.717, 1.165) is 29.9 Å². The van der Waals surface area contributed by atoms with Gasteiger partial charge in [0.15, 0.2) is 0 Å². The second-order valence-corrected chi connectivity index (χ2v) is 5.61. The lowest BCUT2D eigenvalue weighted by atomic mass is 10.4. The van der Waals surface area contributed by atoms with Gasteiger partial charge in [-0.05, 0) is 26.7 Å². The minimum absolute atomic E-state index is 0.00985. The highest BCUT2D eigenvalue weighted by Crippen LogP contribution is 2.27. The van der Waals surface area contributed by atoms with Crippen molar-refractivity contribution in [3.8, 4) is 0 Å². The van der Waals surface area contributed by atoms with Gasteiger partial charge in [0.25, 0.3) is 0 Å². The predicted octanol–water partition coefficient (Wildman–Crippen LogP) is 0.772. The smallest absolute Gasteiger partial charge is 0.325 e. The minimum atomic E-state index is -0.401. The van der Waals surface area contributed by atoms with E-state index in [4.69, 9.17) is 4.74 Å². The second kappa shape index (κ2) is 6.21. The molecule has 0 saturated heterocycles. The van der Waals surface area contributed by atoms with Gasteiger partial charge in [-0.15, -0.1) is 0 Å². The number of aryl methyl sites for hydroxylation is 1. The first kappa shape index (κ1) is 14.8. The van der Waals surface area contributed by atoms with E-state index in [0.29, 0.717) is 6.61 Å². The van der Waals surface area contributed by atoms with E-state index in [9.17, 15) is 14.4 Å². The van der Waals surface area contributed by atoms with Gasteiger partial charge < -0.3 is 9.64 Å². The van der Waals surface area contributed by atoms with Crippen molar-refractivity contribution in [2.75, 3.05) is 13.2 Å². The summed E-state index contributed by atoms with van der Waals surface area (Å²) in [6.45, 7) is 3.78. The zero-order valence-corrected chi connectivity index (χ0v) is 12.4. The van der Waals surface area contributed by atoms with Crippen LogP contribution in [0.1, 0.15) is 25.5 Å². The Kier molecular flexibility index (Phi) is 4.59. The summed E-state index contributed by atoms with van der Waals surface area (Å²) in [7, 11) is 0. The van der Waals surface area contributed by atoms with Crippen LogP contribution in [-0.4, -0.2) is 40.5 Å². The van der Waals surface area contributed by atoms with E-state index >= 15 is 0 Å². The van der Waals surface area contributed by atoms with E-state index in [1.165, 1.54) is 9.47 Å². The van der Waals surface area contributed by atoms with Crippen molar-refractivity contribution >= 4 is 23.2 Å². The number of nitrogens with zero attached hydrogens (tertiary/aromatic N) is 2. The highest BCUT2D eigenvalue weighted by molar-refractivity contribution is 7.07. The molecular formula is C13H18N2O4S. The molecule has 2 rings (SSSR count). The zero-order valence-electron chi connectivity index (χ0n) is 11.6.